The summed E-state index contributed by atoms with van der Waals surface area (Å²) in [7, 11) is 0. The molecule has 1 aliphatic carbocycles. The summed E-state index contributed by atoms with van der Waals surface area (Å²) < 4.78 is 37.3. The molecule has 3 aromatic rings. The molecule has 6 heterocycles. The van der Waals surface area contributed by atoms with E-state index in [1.54, 1.807) is 12.3 Å². The number of phenolic OH excluding ortho intramolecular Hbond substituents is 1. The topological polar surface area (TPSA) is 86.6 Å². The molecule has 0 radical (unpaired) electrons. The number of ether oxygens (including phenoxy) is 1. The SMILES string of the molecule is C[C@@H]1C[C@H]1c1c(Cl)cc(O)cc1-c1ncc2c(N3C[C@H]4CC[C@@H](C3)N4)nc(OC[C@@]34CCCN3C[C@H](F)C4)nc2c1F. The molecule has 1 saturated carbocycles. The van der Waals surface area contributed by atoms with Crippen LogP contribution in [0.25, 0.3) is 22.2 Å². The maximum Gasteiger partial charge on any atom is 0.319 e. The van der Waals surface area contributed by atoms with Crippen LogP contribution in [0.5, 0.6) is 11.8 Å². The highest BCUT2D eigenvalue weighted by atomic mass is 35.5. The Morgan fingerprint density at radius 1 is 1.19 bits per heavy atom. The quantitative estimate of drug-likeness (QED) is 0.401. The van der Waals surface area contributed by atoms with Crippen molar-refractivity contribution < 1.29 is 18.6 Å². The molecule has 4 aliphatic heterocycles. The first-order valence-electron chi connectivity index (χ1n) is 15.2. The molecule has 42 heavy (non-hydrogen) atoms. The second-order valence-corrected chi connectivity index (χ2v) is 13.5. The number of aromatic hydroxyl groups is 1. The highest BCUT2D eigenvalue weighted by Gasteiger charge is 2.49. The minimum Gasteiger partial charge on any atom is -0.508 e. The predicted octanol–water partition coefficient (Wildman–Crippen LogP) is 5.21. The molecule has 2 bridgehead atoms. The van der Waals surface area contributed by atoms with Crippen LogP contribution in [-0.4, -0.2) is 81.5 Å². The van der Waals surface area contributed by atoms with Gasteiger partial charge in [-0.05, 0) is 68.2 Å². The smallest absolute Gasteiger partial charge is 0.319 e. The van der Waals surface area contributed by atoms with Gasteiger partial charge in [-0.25, -0.2) is 8.78 Å². The summed E-state index contributed by atoms with van der Waals surface area (Å²) in [6.45, 7) is 5.17. The van der Waals surface area contributed by atoms with Gasteiger partial charge < -0.3 is 20.1 Å². The van der Waals surface area contributed by atoms with Gasteiger partial charge in [-0.2, -0.15) is 9.97 Å². The van der Waals surface area contributed by atoms with E-state index in [2.05, 4.69) is 32.0 Å². The lowest BCUT2D eigenvalue weighted by molar-refractivity contribution is 0.107. The number of piperazine rings is 1. The maximum atomic E-state index is 16.7. The lowest BCUT2D eigenvalue weighted by Gasteiger charge is -2.34. The van der Waals surface area contributed by atoms with Gasteiger partial charge in [0.2, 0.25) is 0 Å². The first-order chi connectivity index (χ1) is 20.3. The molecule has 0 spiro atoms. The average Bonchev–Trinajstić information content (AvgIpc) is 3.22. The Hall–Kier alpha value is -2.82. The van der Waals surface area contributed by atoms with E-state index < -0.39 is 12.0 Å². The standard InChI is InChI=1S/C31H35ClF2N6O2/c1-16-7-21(16)25-22(8-20(41)9-24(25)32)27-26(34)28-23(11-35-27)29(39-13-18-3-4-19(14-39)36-18)38-30(37-28)42-15-31-5-2-6-40(31)12-17(33)10-31/h8-9,11,16-19,21,36,41H,2-7,10,12-15H2,1H3/t16-,17-,18-,19+,21-,31+/m1/s1. The Morgan fingerprint density at radius 3 is 2.74 bits per heavy atom. The van der Waals surface area contributed by atoms with Crippen molar-refractivity contribution in [2.75, 3.05) is 37.7 Å². The Balaban J connectivity index is 1.23. The summed E-state index contributed by atoms with van der Waals surface area (Å²) >= 11 is 6.60. The summed E-state index contributed by atoms with van der Waals surface area (Å²) in [5.74, 6) is 0.564. The summed E-state index contributed by atoms with van der Waals surface area (Å²) in [5, 5.41) is 15.0. The highest BCUT2D eigenvalue weighted by molar-refractivity contribution is 6.32. The number of phenols is 1. The number of benzene rings is 1. The molecular weight excluding hydrogens is 562 g/mol. The van der Waals surface area contributed by atoms with E-state index in [0.29, 0.717) is 52.8 Å². The van der Waals surface area contributed by atoms with Crippen LogP contribution in [-0.2, 0) is 0 Å². The van der Waals surface area contributed by atoms with Crippen LogP contribution in [0.3, 0.4) is 0 Å². The second-order valence-electron chi connectivity index (χ2n) is 13.1. The number of nitrogens with zero attached hydrogens (tertiary/aromatic N) is 5. The van der Waals surface area contributed by atoms with Crippen molar-refractivity contribution in [3.8, 4) is 23.0 Å². The summed E-state index contributed by atoms with van der Waals surface area (Å²) in [6.07, 6.45) is 6.18. The fraction of sp³-hybridized carbons (Fsp3) is 0.581. The molecule has 0 amide bonds. The van der Waals surface area contributed by atoms with Crippen molar-refractivity contribution in [2.24, 2.45) is 5.92 Å². The number of aromatic nitrogens is 3. The van der Waals surface area contributed by atoms with Crippen LogP contribution >= 0.6 is 11.6 Å². The summed E-state index contributed by atoms with van der Waals surface area (Å²) in [4.78, 5) is 18.4. The van der Waals surface area contributed by atoms with Crippen molar-refractivity contribution in [1.82, 2.24) is 25.2 Å². The number of alkyl halides is 1. The van der Waals surface area contributed by atoms with Crippen molar-refractivity contribution in [3.05, 3.63) is 34.7 Å². The zero-order valence-corrected chi connectivity index (χ0v) is 24.4. The zero-order valence-electron chi connectivity index (χ0n) is 23.6. The van der Waals surface area contributed by atoms with Gasteiger partial charge in [0.1, 0.15) is 35.6 Å². The minimum absolute atomic E-state index is 0.0415. The van der Waals surface area contributed by atoms with Crippen molar-refractivity contribution >= 4 is 28.3 Å². The third-order valence-corrected chi connectivity index (χ3v) is 10.6. The van der Waals surface area contributed by atoms with E-state index in [0.717, 1.165) is 57.3 Å². The third kappa shape index (κ3) is 4.40. The Labute approximate surface area is 248 Å². The van der Waals surface area contributed by atoms with E-state index in [1.165, 1.54) is 6.07 Å². The molecule has 6 atom stereocenters. The Kier molecular flexibility index (Phi) is 6.28. The first kappa shape index (κ1) is 26.8. The zero-order chi connectivity index (χ0) is 28.7. The maximum absolute atomic E-state index is 16.7. The molecule has 5 fully saturated rings. The Morgan fingerprint density at radius 2 is 1.98 bits per heavy atom. The number of rotatable bonds is 6. The van der Waals surface area contributed by atoms with E-state index in [1.807, 2.05) is 0 Å². The summed E-state index contributed by atoms with van der Waals surface area (Å²) in [6, 6.07) is 3.83. The van der Waals surface area contributed by atoms with Crippen LogP contribution in [0.1, 0.15) is 56.9 Å². The van der Waals surface area contributed by atoms with Crippen LogP contribution in [0.15, 0.2) is 18.3 Å². The number of halogens is 3. The molecule has 5 aliphatic rings. The Bertz CT molecular complexity index is 1560. The minimum atomic E-state index is -0.873. The van der Waals surface area contributed by atoms with Crippen molar-refractivity contribution in [1.29, 1.82) is 0 Å². The van der Waals surface area contributed by atoms with Gasteiger partial charge in [0, 0.05) is 54.9 Å². The van der Waals surface area contributed by atoms with Crippen LogP contribution in [0.4, 0.5) is 14.6 Å². The van der Waals surface area contributed by atoms with Crippen molar-refractivity contribution in [2.45, 2.75) is 75.2 Å². The van der Waals surface area contributed by atoms with Gasteiger partial charge in [-0.1, -0.05) is 18.5 Å². The van der Waals surface area contributed by atoms with Gasteiger partial charge >= 0.3 is 6.01 Å². The van der Waals surface area contributed by atoms with E-state index in [4.69, 9.17) is 21.3 Å². The van der Waals surface area contributed by atoms with Gasteiger partial charge in [-0.3, -0.25) is 9.88 Å². The molecule has 2 aromatic heterocycles. The summed E-state index contributed by atoms with van der Waals surface area (Å²) in [5.41, 5.74) is 1.14. The molecule has 1 aromatic carbocycles. The average molecular weight is 597 g/mol. The monoisotopic (exact) mass is 596 g/mol. The number of anilines is 1. The van der Waals surface area contributed by atoms with Gasteiger partial charge in [0.15, 0.2) is 5.82 Å². The first-order valence-corrected chi connectivity index (χ1v) is 15.6. The van der Waals surface area contributed by atoms with E-state index >= 15 is 4.39 Å². The van der Waals surface area contributed by atoms with Gasteiger partial charge in [0.25, 0.3) is 0 Å². The second kappa shape index (κ2) is 9.86. The molecule has 11 heteroatoms. The van der Waals surface area contributed by atoms with Gasteiger partial charge in [-0.15, -0.1) is 0 Å². The molecule has 4 saturated heterocycles. The number of hydrogen-bond donors (Lipinski definition) is 2. The van der Waals surface area contributed by atoms with Crippen LogP contribution < -0.4 is 15.0 Å². The third-order valence-electron chi connectivity index (χ3n) is 10.2. The number of pyridine rings is 1. The molecule has 2 N–H and O–H groups in total. The highest BCUT2D eigenvalue weighted by Crippen LogP contribution is 2.53. The largest absolute Gasteiger partial charge is 0.508 e. The molecule has 8 nitrogen and oxygen atoms in total. The van der Waals surface area contributed by atoms with Crippen molar-refractivity contribution in [3.63, 3.8) is 0 Å². The molecule has 222 valence electrons. The number of nitrogens with one attached hydrogen (secondary N) is 1. The molecule has 8 rings (SSSR count). The molecular formula is C31H35ClF2N6O2. The lowest BCUT2D eigenvalue weighted by Crippen LogP contribution is -2.51. The predicted molar refractivity (Wildman–Crippen MR) is 157 cm³/mol. The van der Waals surface area contributed by atoms with Gasteiger partial charge in [0.05, 0.1) is 10.9 Å². The lowest BCUT2D eigenvalue weighted by atomic mass is 9.95. The number of hydrogen-bond acceptors (Lipinski definition) is 8. The van der Waals surface area contributed by atoms with Crippen LogP contribution in [0, 0.1) is 11.7 Å². The normalized spacial score (nSPS) is 32.1. The van der Waals surface area contributed by atoms with E-state index in [9.17, 15) is 9.50 Å². The van der Waals surface area contributed by atoms with E-state index in [-0.39, 0.29) is 41.0 Å². The van der Waals surface area contributed by atoms with Crippen LogP contribution in [0.2, 0.25) is 5.02 Å². The number of fused-ring (bicyclic) bond motifs is 4. The fourth-order valence-electron chi connectivity index (χ4n) is 8.03. The molecule has 0 unspecified atom stereocenters. The fourth-order valence-corrected chi connectivity index (χ4v) is 8.39.